The SMILES string of the molecule is C=C/C=C(\C=C/CC)C(=O)N1CC2(CC(Oc3ccc(C#N)c(C(F)(F)F)c3)C2)C1. The number of ether oxygens (including phenoxy) is 1. The fourth-order valence-corrected chi connectivity index (χ4v) is 4.03. The van der Waals surface area contributed by atoms with E-state index >= 15 is 0 Å². The van der Waals surface area contributed by atoms with Crippen LogP contribution in [0.4, 0.5) is 13.2 Å². The van der Waals surface area contributed by atoms with Crippen molar-refractivity contribution in [2.75, 3.05) is 13.1 Å². The van der Waals surface area contributed by atoms with Crippen LogP contribution in [0.15, 0.2) is 54.7 Å². The van der Waals surface area contributed by atoms with Crippen molar-refractivity contribution < 1.29 is 22.7 Å². The first-order valence-electron chi connectivity index (χ1n) is 9.78. The number of likely N-dealkylation sites (tertiary alicyclic amines) is 1. The molecule has 0 bridgehead atoms. The maximum Gasteiger partial charge on any atom is 0.417 e. The first kappa shape index (κ1) is 21.7. The van der Waals surface area contributed by atoms with Gasteiger partial charge >= 0.3 is 6.18 Å². The molecule has 7 heteroatoms. The summed E-state index contributed by atoms with van der Waals surface area (Å²) in [5.41, 5.74) is -0.841. The largest absolute Gasteiger partial charge is 0.490 e. The number of benzene rings is 1. The highest BCUT2D eigenvalue weighted by molar-refractivity contribution is 5.97. The number of hydrogen-bond acceptors (Lipinski definition) is 3. The van der Waals surface area contributed by atoms with E-state index in [1.807, 2.05) is 13.0 Å². The number of amides is 1. The Bertz CT molecular complexity index is 927. The van der Waals surface area contributed by atoms with Crippen LogP contribution in [0.1, 0.15) is 37.3 Å². The average Bonchev–Trinajstić information content (AvgIpc) is 2.64. The quantitative estimate of drug-likeness (QED) is 0.483. The zero-order chi connectivity index (χ0) is 21.9. The van der Waals surface area contributed by atoms with E-state index in [-0.39, 0.29) is 23.2 Å². The molecule has 2 fully saturated rings. The fraction of sp³-hybridized carbons (Fsp3) is 0.391. The van der Waals surface area contributed by atoms with Crippen LogP contribution >= 0.6 is 0 Å². The van der Waals surface area contributed by atoms with Gasteiger partial charge in [-0.2, -0.15) is 18.4 Å². The van der Waals surface area contributed by atoms with E-state index in [9.17, 15) is 18.0 Å². The third kappa shape index (κ3) is 4.43. The Balaban J connectivity index is 1.56. The number of alkyl halides is 3. The van der Waals surface area contributed by atoms with Crippen molar-refractivity contribution in [3.05, 3.63) is 65.8 Å². The molecule has 158 valence electrons. The van der Waals surface area contributed by atoms with Gasteiger partial charge in [0.15, 0.2) is 0 Å². The van der Waals surface area contributed by atoms with E-state index in [4.69, 9.17) is 10.00 Å². The van der Waals surface area contributed by atoms with Crippen LogP contribution in [-0.4, -0.2) is 30.0 Å². The van der Waals surface area contributed by atoms with Crippen molar-refractivity contribution >= 4 is 5.91 Å². The first-order valence-corrected chi connectivity index (χ1v) is 9.78. The average molecular weight is 416 g/mol. The highest BCUT2D eigenvalue weighted by Crippen LogP contribution is 2.50. The van der Waals surface area contributed by atoms with E-state index < -0.39 is 17.3 Å². The lowest BCUT2D eigenvalue weighted by Crippen LogP contribution is -2.66. The van der Waals surface area contributed by atoms with E-state index in [1.165, 1.54) is 6.07 Å². The number of nitriles is 1. The Morgan fingerprint density at radius 1 is 1.40 bits per heavy atom. The number of halogens is 3. The van der Waals surface area contributed by atoms with Gasteiger partial charge in [-0.1, -0.05) is 37.8 Å². The van der Waals surface area contributed by atoms with E-state index in [0.29, 0.717) is 31.5 Å². The maximum absolute atomic E-state index is 13.1. The van der Waals surface area contributed by atoms with Gasteiger partial charge in [-0.25, -0.2) is 0 Å². The van der Waals surface area contributed by atoms with Crippen LogP contribution in [0.5, 0.6) is 5.75 Å². The minimum Gasteiger partial charge on any atom is -0.490 e. The van der Waals surface area contributed by atoms with Gasteiger partial charge in [-0.3, -0.25) is 4.79 Å². The molecule has 1 aliphatic carbocycles. The van der Waals surface area contributed by atoms with E-state index in [1.54, 1.807) is 29.2 Å². The summed E-state index contributed by atoms with van der Waals surface area (Å²) >= 11 is 0. The third-order valence-corrected chi connectivity index (χ3v) is 5.46. The molecule has 0 unspecified atom stereocenters. The van der Waals surface area contributed by atoms with Gasteiger partial charge in [-0.15, -0.1) is 0 Å². The predicted octanol–water partition coefficient (Wildman–Crippen LogP) is 5.03. The minimum atomic E-state index is -4.61. The van der Waals surface area contributed by atoms with Crippen molar-refractivity contribution in [3.8, 4) is 11.8 Å². The molecule has 2 aliphatic rings. The lowest BCUT2D eigenvalue weighted by atomic mass is 9.61. The Kier molecular flexibility index (Phi) is 6.06. The number of carbonyl (C=O) groups is 1. The summed E-state index contributed by atoms with van der Waals surface area (Å²) in [6, 6.07) is 4.96. The molecule has 3 rings (SSSR count). The zero-order valence-electron chi connectivity index (χ0n) is 16.7. The second-order valence-electron chi connectivity index (χ2n) is 7.79. The predicted molar refractivity (Wildman–Crippen MR) is 107 cm³/mol. The lowest BCUT2D eigenvalue weighted by Gasteiger charge is -2.58. The van der Waals surface area contributed by atoms with Crippen LogP contribution in [0, 0.1) is 16.7 Å². The van der Waals surface area contributed by atoms with Gasteiger partial charge in [0.1, 0.15) is 11.9 Å². The van der Waals surface area contributed by atoms with Gasteiger partial charge in [0.2, 0.25) is 0 Å². The monoisotopic (exact) mass is 416 g/mol. The summed E-state index contributed by atoms with van der Waals surface area (Å²) in [5, 5.41) is 8.87. The Labute approximate surface area is 173 Å². The molecule has 1 aromatic carbocycles. The molecule has 0 atom stereocenters. The third-order valence-electron chi connectivity index (χ3n) is 5.46. The minimum absolute atomic E-state index is 0.0203. The molecule has 1 heterocycles. The molecule has 0 N–H and O–H groups in total. The highest BCUT2D eigenvalue weighted by Gasteiger charge is 2.54. The molecule has 0 aromatic heterocycles. The lowest BCUT2D eigenvalue weighted by molar-refractivity contribution is -0.156. The van der Waals surface area contributed by atoms with E-state index in [0.717, 1.165) is 18.6 Å². The summed E-state index contributed by atoms with van der Waals surface area (Å²) in [6.45, 7) is 6.86. The molecule has 1 saturated carbocycles. The molecular weight excluding hydrogens is 393 g/mol. The summed E-state index contributed by atoms with van der Waals surface area (Å²) in [7, 11) is 0. The van der Waals surface area contributed by atoms with Crippen LogP contribution in [0.2, 0.25) is 0 Å². The first-order chi connectivity index (χ1) is 14.2. The van der Waals surface area contributed by atoms with Gasteiger partial charge in [0, 0.05) is 24.1 Å². The summed E-state index contributed by atoms with van der Waals surface area (Å²) in [5.74, 6) is 0.0610. The van der Waals surface area contributed by atoms with Crippen LogP contribution < -0.4 is 4.74 Å². The van der Waals surface area contributed by atoms with Crippen LogP contribution in [0.3, 0.4) is 0 Å². The molecule has 1 saturated heterocycles. The topological polar surface area (TPSA) is 53.3 Å². The van der Waals surface area contributed by atoms with Gasteiger partial charge in [0.25, 0.3) is 5.91 Å². The second-order valence-corrected chi connectivity index (χ2v) is 7.79. The summed E-state index contributed by atoms with van der Waals surface area (Å²) in [4.78, 5) is 14.4. The van der Waals surface area contributed by atoms with Crippen LogP contribution in [-0.2, 0) is 11.0 Å². The summed E-state index contributed by atoms with van der Waals surface area (Å²) < 4.78 is 45.0. The molecule has 0 radical (unpaired) electrons. The number of nitrogens with zero attached hydrogens (tertiary/aromatic N) is 2. The van der Waals surface area contributed by atoms with Gasteiger partial charge < -0.3 is 9.64 Å². The standard InChI is InChI=1S/C23H23F3N2O2/c1-3-5-7-16(6-4-2)21(29)28-14-22(15-28)11-19(12-22)30-18-9-8-17(13-27)20(10-18)23(24,25)26/h4-10,19H,2-3,11-12,14-15H2,1H3/b7-5-,16-6+. The molecule has 30 heavy (non-hydrogen) atoms. The molecule has 4 nitrogen and oxygen atoms in total. The number of allylic oxidation sites excluding steroid dienone is 3. The summed E-state index contributed by atoms with van der Waals surface area (Å²) in [6.07, 6.45) is 4.39. The normalized spacial score (nSPS) is 18.6. The van der Waals surface area contributed by atoms with Gasteiger partial charge in [-0.05, 0) is 37.5 Å². The van der Waals surface area contributed by atoms with Gasteiger partial charge in [0.05, 0.1) is 17.2 Å². The molecule has 1 aromatic rings. The van der Waals surface area contributed by atoms with Crippen molar-refractivity contribution in [2.24, 2.45) is 5.41 Å². The number of rotatable bonds is 6. The van der Waals surface area contributed by atoms with E-state index in [2.05, 4.69) is 6.58 Å². The smallest absolute Gasteiger partial charge is 0.417 e. The second kappa shape index (κ2) is 8.39. The molecule has 1 aliphatic heterocycles. The Morgan fingerprint density at radius 3 is 2.67 bits per heavy atom. The Hall–Kier alpha value is -3.01. The van der Waals surface area contributed by atoms with Crippen molar-refractivity contribution in [1.29, 1.82) is 5.26 Å². The number of hydrogen-bond donors (Lipinski definition) is 0. The highest BCUT2D eigenvalue weighted by atomic mass is 19.4. The molecule has 1 spiro atoms. The van der Waals surface area contributed by atoms with Crippen molar-refractivity contribution in [3.63, 3.8) is 0 Å². The number of carbonyl (C=O) groups excluding carboxylic acids is 1. The fourth-order valence-electron chi connectivity index (χ4n) is 4.03. The Morgan fingerprint density at radius 2 is 2.10 bits per heavy atom. The van der Waals surface area contributed by atoms with Crippen LogP contribution in [0.25, 0.3) is 0 Å². The van der Waals surface area contributed by atoms with Crippen molar-refractivity contribution in [2.45, 2.75) is 38.5 Å². The zero-order valence-corrected chi connectivity index (χ0v) is 16.7. The molecule has 1 amide bonds. The van der Waals surface area contributed by atoms with Crippen molar-refractivity contribution in [1.82, 2.24) is 4.90 Å². The molecular formula is C23H23F3N2O2. The maximum atomic E-state index is 13.1.